The van der Waals surface area contributed by atoms with Crippen LogP contribution in [0.3, 0.4) is 0 Å². The van der Waals surface area contributed by atoms with Gasteiger partial charge >= 0.3 is 0 Å². The van der Waals surface area contributed by atoms with Crippen LogP contribution in [0, 0.1) is 11.8 Å². The number of benzene rings is 2. The monoisotopic (exact) mass is 358 g/mol. The van der Waals surface area contributed by atoms with Crippen molar-refractivity contribution >= 4 is 21.4 Å². The fourth-order valence-corrected chi connectivity index (χ4v) is 3.97. The second-order valence-electron chi connectivity index (χ2n) is 5.65. The Morgan fingerprint density at radius 3 is 2.29 bits per heavy atom. The fraction of sp³-hybridized carbons (Fsp3) is 0.200. The molecule has 2 aromatic rings. The van der Waals surface area contributed by atoms with Gasteiger partial charge in [-0.2, -0.15) is 0 Å². The highest BCUT2D eigenvalue weighted by molar-refractivity contribution is 7.92. The van der Waals surface area contributed by atoms with Crippen molar-refractivity contribution in [3.8, 4) is 11.8 Å². The SMILES string of the molecule is CC(C)=CC(CC#Cc1ccc(Cl)cc1)S(=O)(=O)c1ccccc1. The molecule has 4 heteroatoms. The molecule has 0 aliphatic carbocycles. The lowest BCUT2D eigenvalue weighted by molar-refractivity contribution is 0.588. The van der Waals surface area contributed by atoms with Crippen molar-refractivity contribution in [2.24, 2.45) is 0 Å². The number of sulfone groups is 1. The van der Waals surface area contributed by atoms with Gasteiger partial charge in [-0.3, -0.25) is 0 Å². The zero-order chi connectivity index (χ0) is 17.6. The van der Waals surface area contributed by atoms with Crippen molar-refractivity contribution in [2.45, 2.75) is 30.4 Å². The molecule has 0 heterocycles. The van der Waals surface area contributed by atoms with Crippen molar-refractivity contribution in [1.29, 1.82) is 0 Å². The van der Waals surface area contributed by atoms with Gasteiger partial charge in [-0.1, -0.05) is 53.3 Å². The van der Waals surface area contributed by atoms with Crippen LogP contribution in [-0.4, -0.2) is 13.7 Å². The highest BCUT2D eigenvalue weighted by Gasteiger charge is 2.24. The molecule has 124 valence electrons. The average Bonchev–Trinajstić information content (AvgIpc) is 2.56. The quantitative estimate of drug-likeness (QED) is 0.576. The van der Waals surface area contributed by atoms with Gasteiger partial charge in [0.1, 0.15) is 0 Å². The van der Waals surface area contributed by atoms with Crippen LogP contribution in [0.2, 0.25) is 5.02 Å². The van der Waals surface area contributed by atoms with E-state index in [2.05, 4.69) is 11.8 Å². The molecule has 0 radical (unpaired) electrons. The van der Waals surface area contributed by atoms with E-state index in [1.54, 1.807) is 48.5 Å². The van der Waals surface area contributed by atoms with E-state index in [0.29, 0.717) is 9.92 Å². The van der Waals surface area contributed by atoms with Crippen LogP contribution in [0.15, 0.2) is 71.1 Å². The largest absolute Gasteiger partial charge is 0.223 e. The standard InChI is InChI=1S/C20H19ClO2S/c1-16(2)15-20(24(22,23)19-8-4-3-5-9-19)10-6-7-17-11-13-18(21)14-12-17/h3-5,8-9,11-15,20H,10H2,1-2H3. The maximum atomic E-state index is 12.8. The van der Waals surface area contributed by atoms with Crippen LogP contribution in [0.5, 0.6) is 0 Å². The Bertz CT molecular complexity index is 867. The Morgan fingerprint density at radius 1 is 1.08 bits per heavy atom. The van der Waals surface area contributed by atoms with Crippen molar-refractivity contribution in [3.05, 3.63) is 76.8 Å². The first-order valence-electron chi connectivity index (χ1n) is 7.58. The lowest BCUT2D eigenvalue weighted by Crippen LogP contribution is -2.19. The van der Waals surface area contributed by atoms with Crippen LogP contribution < -0.4 is 0 Å². The maximum absolute atomic E-state index is 12.8. The minimum absolute atomic E-state index is 0.241. The molecule has 24 heavy (non-hydrogen) atoms. The Balaban J connectivity index is 2.27. The summed E-state index contributed by atoms with van der Waals surface area (Å²) in [7, 11) is -3.46. The van der Waals surface area contributed by atoms with E-state index in [4.69, 9.17) is 11.6 Å². The molecule has 1 unspecified atom stereocenters. The van der Waals surface area contributed by atoms with E-state index in [9.17, 15) is 8.42 Å². The Hall–Kier alpha value is -2.02. The number of hydrogen-bond acceptors (Lipinski definition) is 2. The zero-order valence-electron chi connectivity index (χ0n) is 13.7. The van der Waals surface area contributed by atoms with Crippen LogP contribution in [-0.2, 0) is 9.84 Å². The van der Waals surface area contributed by atoms with Gasteiger partial charge in [-0.25, -0.2) is 8.42 Å². The summed E-state index contributed by atoms with van der Waals surface area (Å²) in [4.78, 5) is 0.320. The van der Waals surface area contributed by atoms with Crippen LogP contribution in [0.25, 0.3) is 0 Å². The van der Waals surface area contributed by atoms with Gasteiger partial charge in [0, 0.05) is 17.0 Å². The van der Waals surface area contributed by atoms with E-state index in [1.807, 2.05) is 26.0 Å². The Kier molecular flexibility index (Phi) is 6.25. The van der Waals surface area contributed by atoms with Crippen molar-refractivity contribution in [1.82, 2.24) is 0 Å². The summed E-state index contributed by atoms with van der Waals surface area (Å²) < 4.78 is 25.7. The second-order valence-corrected chi connectivity index (χ2v) is 8.26. The van der Waals surface area contributed by atoms with E-state index < -0.39 is 15.1 Å². The number of halogens is 1. The Labute approximate surface area is 149 Å². The number of allylic oxidation sites excluding steroid dienone is 1. The summed E-state index contributed by atoms with van der Waals surface area (Å²) in [5.41, 5.74) is 1.76. The topological polar surface area (TPSA) is 34.1 Å². The molecular formula is C20H19ClO2S. The second kappa shape index (κ2) is 8.19. The summed E-state index contributed by atoms with van der Waals surface area (Å²) in [6, 6.07) is 15.7. The molecule has 0 aromatic heterocycles. The summed E-state index contributed by atoms with van der Waals surface area (Å²) in [5, 5.41) is -0.0145. The molecular weight excluding hydrogens is 340 g/mol. The first-order chi connectivity index (χ1) is 11.4. The molecule has 2 rings (SSSR count). The predicted octanol–water partition coefficient (Wildman–Crippen LogP) is 4.89. The van der Waals surface area contributed by atoms with Gasteiger partial charge in [0.15, 0.2) is 9.84 Å². The third-order valence-corrected chi connectivity index (χ3v) is 5.65. The van der Waals surface area contributed by atoms with Crippen molar-refractivity contribution < 1.29 is 8.42 Å². The summed E-state index contributed by atoms with van der Waals surface area (Å²) in [6.07, 6.45) is 2.00. The van der Waals surface area contributed by atoms with Crippen molar-refractivity contribution in [2.75, 3.05) is 0 Å². The van der Waals surface area contributed by atoms with E-state index >= 15 is 0 Å². The minimum Gasteiger partial charge on any atom is -0.223 e. The molecule has 0 N–H and O–H groups in total. The van der Waals surface area contributed by atoms with Crippen LogP contribution in [0.4, 0.5) is 0 Å². The van der Waals surface area contributed by atoms with Gasteiger partial charge in [0.2, 0.25) is 0 Å². The third kappa shape index (κ3) is 4.99. The molecule has 0 amide bonds. The Morgan fingerprint density at radius 2 is 1.71 bits per heavy atom. The number of hydrogen-bond donors (Lipinski definition) is 0. The lowest BCUT2D eigenvalue weighted by Gasteiger charge is -2.12. The minimum atomic E-state index is -3.46. The molecule has 0 spiro atoms. The molecule has 1 atom stereocenters. The summed E-state index contributed by atoms with van der Waals surface area (Å²) >= 11 is 5.85. The molecule has 0 fully saturated rings. The van der Waals surface area contributed by atoms with E-state index in [1.165, 1.54) is 0 Å². The van der Waals surface area contributed by atoms with Gasteiger partial charge in [-0.15, -0.1) is 0 Å². The van der Waals surface area contributed by atoms with E-state index in [-0.39, 0.29) is 6.42 Å². The molecule has 0 aliphatic heterocycles. The smallest absolute Gasteiger partial charge is 0.185 e. The van der Waals surface area contributed by atoms with Gasteiger partial charge in [0.25, 0.3) is 0 Å². The van der Waals surface area contributed by atoms with E-state index in [0.717, 1.165) is 11.1 Å². The maximum Gasteiger partial charge on any atom is 0.185 e. The highest BCUT2D eigenvalue weighted by atomic mass is 35.5. The molecule has 0 aliphatic rings. The molecule has 0 bridgehead atoms. The van der Waals surface area contributed by atoms with Gasteiger partial charge < -0.3 is 0 Å². The molecule has 0 saturated heterocycles. The first-order valence-corrected chi connectivity index (χ1v) is 9.50. The molecule has 0 saturated carbocycles. The van der Waals surface area contributed by atoms with Crippen LogP contribution in [0.1, 0.15) is 25.8 Å². The average molecular weight is 359 g/mol. The molecule has 2 nitrogen and oxygen atoms in total. The fourth-order valence-electron chi connectivity index (χ4n) is 2.20. The normalized spacial score (nSPS) is 12.0. The number of rotatable bonds is 4. The summed E-state index contributed by atoms with van der Waals surface area (Å²) in [6.45, 7) is 3.78. The highest BCUT2D eigenvalue weighted by Crippen LogP contribution is 2.20. The summed E-state index contributed by atoms with van der Waals surface area (Å²) in [5.74, 6) is 5.98. The van der Waals surface area contributed by atoms with Crippen molar-refractivity contribution in [3.63, 3.8) is 0 Å². The van der Waals surface area contributed by atoms with Gasteiger partial charge in [0.05, 0.1) is 10.1 Å². The predicted molar refractivity (Wildman–Crippen MR) is 99.8 cm³/mol. The first kappa shape index (κ1) is 18.3. The zero-order valence-corrected chi connectivity index (χ0v) is 15.2. The third-order valence-electron chi connectivity index (χ3n) is 3.37. The molecule has 2 aromatic carbocycles. The van der Waals surface area contributed by atoms with Crippen LogP contribution >= 0.6 is 11.6 Å². The lowest BCUT2D eigenvalue weighted by atomic mass is 10.2. The van der Waals surface area contributed by atoms with Gasteiger partial charge in [-0.05, 0) is 50.2 Å².